The average molecular weight is 559 g/mol. The summed E-state index contributed by atoms with van der Waals surface area (Å²) in [4.78, 5) is 33.4. The van der Waals surface area contributed by atoms with Gasteiger partial charge in [0, 0.05) is 34.4 Å². The number of nitrogens with one attached hydrogen (secondary N) is 1. The minimum absolute atomic E-state index is 0.207. The number of amides is 2. The van der Waals surface area contributed by atoms with Crippen molar-refractivity contribution >= 4 is 33.6 Å². The van der Waals surface area contributed by atoms with Crippen molar-refractivity contribution in [1.29, 1.82) is 0 Å². The minimum Gasteiger partial charge on any atom is -0.444 e. The molecule has 2 aromatic rings. The summed E-state index contributed by atoms with van der Waals surface area (Å²) in [5, 5.41) is 7.65. The van der Waals surface area contributed by atoms with Crippen molar-refractivity contribution in [2.45, 2.75) is 90.3 Å². The van der Waals surface area contributed by atoms with E-state index in [0.29, 0.717) is 22.5 Å². The molecule has 9 heteroatoms. The number of allylic oxidation sites excluding steroid dienone is 1. The number of hydrogen-bond donors (Lipinski definition) is 1. The van der Waals surface area contributed by atoms with E-state index < -0.39 is 17.7 Å². The molecule has 1 N–H and O–H groups in total. The highest BCUT2D eigenvalue weighted by molar-refractivity contribution is 9.11. The Morgan fingerprint density at radius 1 is 1.22 bits per heavy atom. The van der Waals surface area contributed by atoms with Crippen LogP contribution in [0.4, 0.5) is 4.79 Å². The summed E-state index contributed by atoms with van der Waals surface area (Å²) in [6.07, 6.45) is 6.19. The van der Waals surface area contributed by atoms with Crippen LogP contribution < -0.4 is 5.32 Å². The molecule has 1 saturated carbocycles. The fraction of sp³-hybridized carbons (Fsp3) is 0.556. The van der Waals surface area contributed by atoms with E-state index in [2.05, 4.69) is 33.9 Å². The second-order valence-corrected chi connectivity index (χ2v) is 11.7. The number of alkyl carbamates (subject to hydrolysis) is 1. The van der Waals surface area contributed by atoms with Gasteiger partial charge in [-0.3, -0.25) is 4.79 Å². The lowest BCUT2D eigenvalue weighted by molar-refractivity contribution is -0.136. The van der Waals surface area contributed by atoms with Gasteiger partial charge in [-0.05, 0) is 78.4 Å². The van der Waals surface area contributed by atoms with Crippen molar-refractivity contribution in [3.05, 3.63) is 51.9 Å². The van der Waals surface area contributed by atoms with Crippen LogP contribution in [0, 0.1) is 6.92 Å². The molecule has 2 atom stereocenters. The predicted molar refractivity (Wildman–Crippen MR) is 143 cm³/mol. The molecule has 1 aliphatic carbocycles. The van der Waals surface area contributed by atoms with Crippen LogP contribution in [0.15, 0.2) is 34.8 Å². The summed E-state index contributed by atoms with van der Waals surface area (Å²) in [6.45, 7) is 13.8. The first-order valence-electron chi connectivity index (χ1n) is 12.7. The van der Waals surface area contributed by atoms with Gasteiger partial charge >= 0.3 is 6.09 Å². The van der Waals surface area contributed by atoms with Gasteiger partial charge in [0.15, 0.2) is 5.65 Å². The Morgan fingerprint density at radius 3 is 2.56 bits per heavy atom. The Hall–Kier alpha value is -2.68. The zero-order chi connectivity index (χ0) is 26.2. The number of piperidine rings is 1. The van der Waals surface area contributed by atoms with Gasteiger partial charge in [-0.25, -0.2) is 14.3 Å². The number of aromatic nitrogens is 3. The number of carbonyl (C=O) groups is 2. The first-order valence-corrected chi connectivity index (χ1v) is 13.5. The normalized spacial score (nSPS) is 19.8. The monoisotopic (exact) mass is 557 g/mol. The molecule has 36 heavy (non-hydrogen) atoms. The lowest BCUT2D eigenvalue weighted by Gasteiger charge is -2.37. The highest BCUT2D eigenvalue weighted by atomic mass is 79.9. The van der Waals surface area contributed by atoms with E-state index in [9.17, 15) is 9.59 Å². The quantitative estimate of drug-likeness (QED) is 0.459. The van der Waals surface area contributed by atoms with Crippen LogP contribution in [0.2, 0.25) is 0 Å². The number of ether oxygens (including phenoxy) is 1. The first kappa shape index (κ1) is 26.4. The van der Waals surface area contributed by atoms with Crippen LogP contribution in [-0.2, 0) is 9.53 Å². The molecule has 1 aliphatic heterocycles. The number of halogens is 1. The molecule has 2 aromatic heterocycles. The Balaban J connectivity index is 1.66. The van der Waals surface area contributed by atoms with Crippen molar-refractivity contribution in [2.24, 2.45) is 0 Å². The zero-order valence-corrected chi connectivity index (χ0v) is 23.4. The van der Waals surface area contributed by atoms with Crippen LogP contribution in [0.1, 0.15) is 88.8 Å². The summed E-state index contributed by atoms with van der Waals surface area (Å²) in [6, 6.07) is 2.98. The molecule has 1 saturated heterocycles. The van der Waals surface area contributed by atoms with Crippen LogP contribution in [-0.4, -0.2) is 49.7 Å². The van der Waals surface area contributed by atoms with Crippen LogP contribution in [0.25, 0.3) is 5.65 Å². The summed E-state index contributed by atoms with van der Waals surface area (Å²) >= 11 is 3.41. The Morgan fingerprint density at radius 2 is 1.94 bits per heavy atom. The number of nitrogens with zero attached hydrogens (tertiary/aromatic N) is 4. The Kier molecular flexibility index (Phi) is 7.59. The topological polar surface area (TPSA) is 88.8 Å². The maximum absolute atomic E-state index is 14.0. The minimum atomic E-state index is -0.935. The lowest BCUT2D eigenvalue weighted by atomic mass is 9.96. The summed E-state index contributed by atoms with van der Waals surface area (Å²) in [7, 11) is 0. The number of hydrogen-bond acceptors (Lipinski definition) is 5. The van der Waals surface area contributed by atoms with Crippen molar-refractivity contribution in [3.8, 4) is 0 Å². The maximum Gasteiger partial charge on any atom is 0.408 e. The third kappa shape index (κ3) is 5.82. The third-order valence-electron chi connectivity index (χ3n) is 6.61. The zero-order valence-electron chi connectivity index (χ0n) is 21.8. The fourth-order valence-electron chi connectivity index (χ4n) is 4.77. The largest absolute Gasteiger partial charge is 0.444 e. The number of likely N-dealkylation sites (tertiary alicyclic amines) is 1. The Labute approximate surface area is 221 Å². The maximum atomic E-state index is 14.0. The fourth-order valence-corrected chi connectivity index (χ4v) is 5.22. The van der Waals surface area contributed by atoms with E-state index >= 15 is 0 Å². The molecule has 2 fully saturated rings. The van der Waals surface area contributed by atoms with Gasteiger partial charge in [0.05, 0.1) is 11.7 Å². The highest BCUT2D eigenvalue weighted by Gasteiger charge is 2.37. The van der Waals surface area contributed by atoms with Gasteiger partial charge < -0.3 is 15.0 Å². The number of carbonyl (C=O) groups excluding carboxylic acids is 2. The lowest BCUT2D eigenvalue weighted by Crippen LogP contribution is -2.52. The molecular weight excluding hydrogens is 522 g/mol. The molecule has 8 nitrogen and oxygen atoms in total. The molecule has 2 amide bonds. The molecule has 3 heterocycles. The Bertz CT molecular complexity index is 1210. The second-order valence-electron chi connectivity index (χ2n) is 10.7. The number of rotatable bonds is 6. The number of fused-ring (bicyclic) bond motifs is 1. The van der Waals surface area contributed by atoms with E-state index in [1.165, 1.54) is 12.8 Å². The van der Waals surface area contributed by atoms with Gasteiger partial charge in [0.25, 0.3) is 5.91 Å². The van der Waals surface area contributed by atoms with Crippen molar-refractivity contribution in [1.82, 2.24) is 24.8 Å². The van der Waals surface area contributed by atoms with Gasteiger partial charge in [-0.2, -0.15) is 5.10 Å². The predicted octanol–water partition coefficient (Wildman–Crippen LogP) is 5.72. The van der Waals surface area contributed by atoms with Crippen LogP contribution >= 0.6 is 15.9 Å². The van der Waals surface area contributed by atoms with Crippen molar-refractivity contribution in [2.75, 3.05) is 6.54 Å². The number of aryl methyl sites for hydroxylation is 1. The van der Waals surface area contributed by atoms with E-state index in [4.69, 9.17) is 14.8 Å². The van der Waals surface area contributed by atoms with Crippen LogP contribution in [0.5, 0.6) is 0 Å². The van der Waals surface area contributed by atoms with E-state index in [-0.39, 0.29) is 11.9 Å². The van der Waals surface area contributed by atoms with Gasteiger partial charge in [-0.1, -0.05) is 28.6 Å². The standard InChI is InChI=1S/C27H36BrN5O3/c1-7-19(17(3)28)24(30-26(35)36-27(4,5)6)25(34)32-13-9-8-10-22(32)21-15-23-29-20(18-11-12-18)14-16(2)33(23)31-21/h7,14-15,18,22,24H,3,8-13H2,1-2,4-6H3,(H,30,35). The van der Waals surface area contributed by atoms with E-state index in [1.807, 2.05) is 29.3 Å². The third-order valence-corrected chi connectivity index (χ3v) is 7.07. The van der Waals surface area contributed by atoms with Crippen molar-refractivity contribution < 1.29 is 14.3 Å². The van der Waals surface area contributed by atoms with Crippen LogP contribution in [0.3, 0.4) is 0 Å². The van der Waals surface area contributed by atoms with Gasteiger partial charge in [0.1, 0.15) is 11.6 Å². The summed E-state index contributed by atoms with van der Waals surface area (Å²) in [5.74, 6) is 0.343. The molecule has 0 bridgehead atoms. The molecular formula is C27H36BrN5O3. The van der Waals surface area contributed by atoms with Crippen molar-refractivity contribution in [3.63, 3.8) is 0 Å². The molecule has 0 aromatic carbocycles. The molecule has 0 radical (unpaired) electrons. The molecule has 194 valence electrons. The second kappa shape index (κ2) is 10.4. The van der Waals surface area contributed by atoms with E-state index in [1.54, 1.807) is 26.8 Å². The smallest absolute Gasteiger partial charge is 0.408 e. The van der Waals surface area contributed by atoms with Gasteiger partial charge in [-0.15, -0.1) is 0 Å². The molecule has 0 spiro atoms. The summed E-state index contributed by atoms with van der Waals surface area (Å²) < 4.78 is 7.87. The highest BCUT2D eigenvalue weighted by Crippen LogP contribution is 2.40. The molecule has 4 rings (SSSR count). The van der Waals surface area contributed by atoms with Gasteiger partial charge in [0.2, 0.25) is 0 Å². The molecule has 2 unspecified atom stereocenters. The summed E-state index contributed by atoms with van der Waals surface area (Å²) in [5.41, 5.74) is 3.71. The first-order chi connectivity index (χ1) is 17.0. The van der Waals surface area contributed by atoms with E-state index in [0.717, 1.165) is 42.0 Å². The SMILES string of the molecule is C=C(Br)C(=CC)C(NC(=O)OC(C)(C)C)C(=O)N1CCCCC1c1cc2nc(C3CC3)cc(C)n2n1. The average Bonchev–Trinajstić information content (AvgIpc) is 3.56. The molecule has 2 aliphatic rings.